The van der Waals surface area contributed by atoms with Crippen LogP contribution in [0.1, 0.15) is 239 Å². The van der Waals surface area contributed by atoms with E-state index in [0.717, 1.165) is 70.6 Å². The summed E-state index contributed by atoms with van der Waals surface area (Å²) in [7, 11) is -5.32. The van der Waals surface area contributed by atoms with Crippen LogP contribution in [0.25, 0.3) is 0 Å². The van der Waals surface area contributed by atoms with E-state index in [1.165, 1.54) is 103 Å². The minimum Gasteiger partial charge on any atom is -0.454 e. The van der Waals surface area contributed by atoms with Gasteiger partial charge in [0, 0.05) is 6.42 Å². The number of hydrogen-bond donors (Lipinski definition) is 6. The lowest BCUT2D eigenvalue weighted by molar-refractivity contribution is -0.257. The van der Waals surface area contributed by atoms with Gasteiger partial charge in [-0.1, -0.05) is 201 Å². The van der Waals surface area contributed by atoms with Crippen molar-refractivity contribution >= 4 is 25.7 Å². The highest BCUT2D eigenvalue weighted by Crippen LogP contribution is 2.42. The first-order valence-corrected chi connectivity index (χ1v) is 26.9. The number of esters is 2. The fraction of sp³-hybridized carbons (Fsp3) is 0.938. The van der Waals surface area contributed by atoms with Crippen molar-refractivity contribution in [3.05, 3.63) is 0 Å². The number of amides is 1. The Kier molecular flexibility index (Phi) is 36.3. The van der Waals surface area contributed by atoms with E-state index in [4.69, 9.17) is 18.7 Å². The highest BCUT2D eigenvalue weighted by Gasteiger charge is 2.51. The van der Waals surface area contributed by atoms with Crippen LogP contribution in [-0.2, 0) is 37.7 Å². The standard InChI is InChI=1S/C48H92NO13P/c1-4-7-10-13-16-19-21-24-27-30-33-36-43(53)59-40(35-32-29-26-23-20-17-14-11-8-5-2)47(54)61-46-44(48(55)60-41(38-50)45(46)62-63(56,57)58)49-42(52)37-39(51)34-31-28-25-22-18-15-12-9-6-3/h39-41,44-46,48,50-51,55H,4-38H2,1-3H3,(H,49,52)(H2,56,57,58)/t39?,40?,41-,44-,45-,46-,48?/m1/s1. The molecular formula is C48H92NO13P. The second-order valence-corrected chi connectivity index (χ2v) is 19.2. The van der Waals surface area contributed by atoms with Crippen molar-refractivity contribution < 1.29 is 62.8 Å². The second-order valence-electron chi connectivity index (χ2n) is 18.0. The van der Waals surface area contributed by atoms with E-state index in [2.05, 4.69) is 26.1 Å². The number of carbonyl (C=O) groups is 3. The van der Waals surface area contributed by atoms with E-state index in [1.807, 2.05) is 0 Å². The number of unbranched alkanes of at least 4 members (excludes halogenated alkanes) is 27. The number of rotatable bonds is 42. The molecule has 0 saturated carbocycles. The first-order chi connectivity index (χ1) is 30.4. The largest absolute Gasteiger partial charge is 0.470 e. The number of nitrogens with one attached hydrogen (secondary N) is 1. The molecule has 1 saturated heterocycles. The van der Waals surface area contributed by atoms with Crippen LogP contribution < -0.4 is 5.32 Å². The van der Waals surface area contributed by atoms with Crippen molar-refractivity contribution in [2.24, 2.45) is 0 Å². The lowest BCUT2D eigenvalue weighted by atomic mass is 9.96. The van der Waals surface area contributed by atoms with Crippen molar-refractivity contribution in [1.82, 2.24) is 5.32 Å². The molecule has 63 heavy (non-hydrogen) atoms. The minimum atomic E-state index is -5.32. The van der Waals surface area contributed by atoms with Crippen molar-refractivity contribution in [1.29, 1.82) is 0 Å². The van der Waals surface area contributed by atoms with E-state index in [0.29, 0.717) is 25.7 Å². The average molecular weight is 922 g/mol. The Morgan fingerprint density at radius 3 is 1.46 bits per heavy atom. The predicted molar refractivity (Wildman–Crippen MR) is 247 cm³/mol. The van der Waals surface area contributed by atoms with Crippen molar-refractivity contribution in [2.75, 3.05) is 6.61 Å². The average Bonchev–Trinajstić information content (AvgIpc) is 3.23. The minimum absolute atomic E-state index is 0.103. The summed E-state index contributed by atoms with van der Waals surface area (Å²) in [5, 5.41) is 34.3. The molecule has 1 rings (SSSR count). The van der Waals surface area contributed by atoms with Gasteiger partial charge in [-0.3, -0.25) is 14.1 Å². The number of carbonyl (C=O) groups excluding carboxylic acids is 3. The zero-order chi connectivity index (χ0) is 46.6. The van der Waals surface area contributed by atoms with Gasteiger partial charge in [-0.15, -0.1) is 0 Å². The van der Waals surface area contributed by atoms with E-state index in [9.17, 15) is 44.1 Å². The Labute approximate surface area is 381 Å². The molecule has 0 aromatic rings. The third kappa shape index (κ3) is 31.1. The Balaban J connectivity index is 3.00. The van der Waals surface area contributed by atoms with Crippen LogP contribution in [0.2, 0.25) is 0 Å². The van der Waals surface area contributed by atoms with Crippen molar-refractivity contribution in [2.45, 2.75) is 282 Å². The van der Waals surface area contributed by atoms with Crippen LogP contribution in [-0.4, -0.2) is 92.4 Å². The van der Waals surface area contributed by atoms with Crippen LogP contribution >= 0.6 is 7.82 Å². The van der Waals surface area contributed by atoms with Gasteiger partial charge in [0.2, 0.25) is 5.91 Å². The SMILES string of the molecule is CCCCCCCCCCCCCC(=O)OC(CCCCCCCCCCCC)C(=O)O[C@H]1[C@H](OP(=O)(O)O)[C@@H](CO)OC(O)[C@@H]1NC(=O)CC(O)CCCCCCCCCCC. The zero-order valence-corrected chi connectivity index (χ0v) is 40.6. The normalized spacial score (nSPS) is 20.0. The molecule has 0 aromatic heterocycles. The first-order valence-electron chi connectivity index (χ1n) is 25.4. The zero-order valence-electron chi connectivity index (χ0n) is 39.7. The third-order valence-corrected chi connectivity index (χ3v) is 12.6. The molecular weight excluding hydrogens is 829 g/mol. The smallest absolute Gasteiger partial charge is 0.454 e. The lowest BCUT2D eigenvalue weighted by Gasteiger charge is -2.44. The number of ether oxygens (including phenoxy) is 3. The number of aliphatic hydroxyl groups excluding tert-OH is 3. The Bertz CT molecular complexity index is 1190. The lowest BCUT2D eigenvalue weighted by Crippen LogP contribution is -2.66. The van der Waals surface area contributed by atoms with Crippen LogP contribution in [0.5, 0.6) is 0 Å². The van der Waals surface area contributed by atoms with Gasteiger partial charge >= 0.3 is 19.8 Å². The molecule has 1 fully saturated rings. The molecule has 6 N–H and O–H groups in total. The van der Waals surface area contributed by atoms with E-state index in [-0.39, 0.29) is 19.3 Å². The van der Waals surface area contributed by atoms with Crippen molar-refractivity contribution in [3.63, 3.8) is 0 Å². The predicted octanol–water partition coefficient (Wildman–Crippen LogP) is 10.2. The summed E-state index contributed by atoms with van der Waals surface area (Å²) in [6.07, 6.45) is 23.3. The van der Waals surface area contributed by atoms with Gasteiger partial charge in [0.1, 0.15) is 18.2 Å². The first kappa shape index (κ1) is 59.4. The molecule has 1 heterocycles. The quantitative estimate of drug-likeness (QED) is 0.0191. The monoisotopic (exact) mass is 922 g/mol. The molecule has 0 aliphatic carbocycles. The number of phosphoric acid groups is 1. The van der Waals surface area contributed by atoms with E-state index >= 15 is 0 Å². The Hall–Kier alpha value is -1.64. The third-order valence-electron chi connectivity index (χ3n) is 12.1. The molecule has 1 aliphatic rings. The summed E-state index contributed by atoms with van der Waals surface area (Å²) in [5.74, 6) is -2.35. The van der Waals surface area contributed by atoms with Crippen molar-refractivity contribution in [3.8, 4) is 0 Å². The summed E-state index contributed by atoms with van der Waals surface area (Å²) in [6, 6.07) is -1.62. The fourth-order valence-electron chi connectivity index (χ4n) is 8.30. The van der Waals surface area contributed by atoms with Gasteiger partial charge in [0.05, 0.1) is 19.1 Å². The molecule has 7 atom stereocenters. The Morgan fingerprint density at radius 2 is 1.03 bits per heavy atom. The van der Waals surface area contributed by atoms with Crippen LogP contribution in [0.4, 0.5) is 0 Å². The number of phosphoric ester groups is 1. The van der Waals surface area contributed by atoms with E-state index in [1.54, 1.807) is 0 Å². The van der Waals surface area contributed by atoms with Gasteiger partial charge in [0.15, 0.2) is 18.5 Å². The maximum atomic E-state index is 14.0. The number of hydrogen-bond acceptors (Lipinski definition) is 11. The summed E-state index contributed by atoms with van der Waals surface area (Å²) in [6.45, 7) is 5.70. The molecule has 15 heteroatoms. The van der Waals surface area contributed by atoms with Gasteiger partial charge in [0.25, 0.3) is 0 Å². The van der Waals surface area contributed by atoms with Gasteiger partial charge in [-0.25, -0.2) is 9.36 Å². The maximum absolute atomic E-state index is 14.0. The topological polar surface area (TPSA) is 218 Å². The van der Waals surface area contributed by atoms with Gasteiger partial charge in [-0.2, -0.15) is 0 Å². The second kappa shape index (κ2) is 38.5. The summed E-state index contributed by atoms with van der Waals surface area (Å²) >= 11 is 0. The molecule has 0 bridgehead atoms. The summed E-state index contributed by atoms with van der Waals surface area (Å²) in [5.41, 5.74) is 0. The molecule has 372 valence electrons. The van der Waals surface area contributed by atoms with Crippen LogP contribution in [0, 0.1) is 0 Å². The van der Waals surface area contributed by atoms with Crippen LogP contribution in [0.15, 0.2) is 0 Å². The van der Waals surface area contributed by atoms with E-state index < -0.39 is 75.1 Å². The summed E-state index contributed by atoms with van der Waals surface area (Å²) in [4.78, 5) is 60.0. The molecule has 1 aliphatic heterocycles. The molecule has 1 amide bonds. The van der Waals surface area contributed by atoms with Gasteiger partial charge < -0.3 is 44.6 Å². The Morgan fingerprint density at radius 1 is 0.619 bits per heavy atom. The maximum Gasteiger partial charge on any atom is 0.470 e. The highest BCUT2D eigenvalue weighted by molar-refractivity contribution is 7.46. The highest BCUT2D eigenvalue weighted by atomic mass is 31.2. The molecule has 3 unspecified atom stereocenters. The van der Waals surface area contributed by atoms with Gasteiger partial charge in [-0.05, 0) is 25.7 Å². The molecule has 0 spiro atoms. The molecule has 14 nitrogen and oxygen atoms in total. The number of aliphatic hydroxyl groups is 3. The fourth-order valence-corrected chi connectivity index (χ4v) is 8.87. The molecule has 0 aromatic carbocycles. The summed E-state index contributed by atoms with van der Waals surface area (Å²) < 4.78 is 34.1. The van der Waals surface area contributed by atoms with Crippen LogP contribution in [0.3, 0.4) is 0 Å². The molecule has 0 radical (unpaired) electrons.